The molecule has 2 aromatic rings. The molecule has 3 heterocycles. The summed E-state index contributed by atoms with van der Waals surface area (Å²) in [5.74, 6) is -0.677. The topological polar surface area (TPSA) is 46.6 Å². The molecule has 0 N–H and O–H groups in total. The van der Waals surface area contributed by atoms with Gasteiger partial charge in [-0.2, -0.15) is 0 Å². The zero-order valence-electron chi connectivity index (χ0n) is 13.6. The molecule has 124 valence electrons. The van der Waals surface area contributed by atoms with Crippen LogP contribution in [0.2, 0.25) is 0 Å². The summed E-state index contributed by atoms with van der Waals surface area (Å²) in [7, 11) is 0. The fraction of sp³-hybridized carbons (Fsp3) is 0.333. The van der Waals surface area contributed by atoms with Crippen molar-refractivity contribution in [1.29, 1.82) is 0 Å². The molecule has 4 heteroatoms. The Hall–Kier alpha value is -2.46. The van der Waals surface area contributed by atoms with Gasteiger partial charge < -0.3 is 4.74 Å². The number of carbonyl (C=O) groups is 2. The van der Waals surface area contributed by atoms with Gasteiger partial charge in [0.15, 0.2) is 0 Å². The molecule has 4 atom stereocenters. The minimum absolute atomic E-state index is 0.0601. The third-order valence-electron chi connectivity index (χ3n) is 6.32. The van der Waals surface area contributed by atoms with Crippen molar-refractivity contribution in [3.05, 3.63) is 53.6 Å². The molecular formula is C21H17NO3. The quantitative estimate of drug-likeness (QED) is 0.644. The van der Waals surface area contributed by atoms with Gasteiger partial charge in [0.2, 0.25) is 11.8 Å². The Kier molecular flexibility index (Phi) is 2.53. The molecule has 0 saturated carbocycles. The van der Waals surface area contributed by atoms with Crippen LogP contribution in [-0.4, -0.2) is 24.0 Å². The highest BCUT2D eigenvalue weighted by Crippen LogP contribution is 2.50. The van der Waals surface area contributed by atoms with Crippen LogP contribution in [0, 0.1) is 11.8 Å². The third-order valence-corrected chi connectivity index (χ3v) is 6.32. The lowest BCUT2D eigenvalue weighted by Crippen LogP contribution is -2.34. The maximum absolute atomic E-state index is 12.9. The van der Waals surface area contributed by atoms with E-state index >= 15 is 0 Å². The number of hydrogen-bond donors (Lipinski definition) is 0. The van der Waals surface area contributed by atoms with Gasteiger partial charge in [-0.25, -0.2) is 4.90 Å². The maximum atomic E-state index is 12.9. The predicted octanol–water partition coefficient (Wildman–Crippen LogP) is 2.92. The first-order chi connectivity index (χ1) is 12.2. The Labute approximate surface area is 145 Å². The van der Waals surface area contributed by atoms with Gasteiger partial charge >= 0.3 is 0 Å². The second kappa shape index (κ2) is 4.58. The Morgan fingerprint density at radius 1 is 0.840 bits per heavy atom. The van der Waals surface area contributed by atoms with Crippen molar-refractivity contribution in [2.24, 2.45) is 11.8 Å². The van der Waals surface area contributed by atoms with E-state index in [9.17, 15) is 9.59 Å². The summed E-state index contributed by atoms with van der Waals surface area (Å²) < 4.78 is 5.81. The van der Waals surface area contributed by atoms with Crippen molar-refractivity contribution >= 4 is 17.5 Å². The van der Waals surface area contributed by atoms with E-state index in [0.29, 0.717) is 0 Å². The fourth-order valence-corrected chi connectivity index (χ4v) is 5.24. The first-order valence-electron chi connectivity index (χ1n) is 8.97. The molecule has 0 unspecified atom stereocenters. The minimum Gasteiger partial charge on any atom is -0.373 e. The highest BCUT2D eigenvalue weighted by atomic mass is 16.5. The lowest BCUT2D eigenvalue weighted by Gasteiger charge is -2.18. The van der Waals surface area contributed by atoms with Gasteiger partial charge in [0.05, 0.1) is 29.7 Å². The molecule has 25 heavy (non-hydrogen) atoms. The van der Waals surface area contributed by atoms with Crippen LogP contribution >= 0.6 is 0 Å². The second-order valence-electron chi connectivity index (χ2n) is 7.53. The summed E-state index contributed by atoms with van der Waals surface area (Å²) in [6.07, 6.45) is 2.54. The summed E-state index contributed by atoms with van der Waals surface area (Å²) in [6.45, 7) is 0. The van der Waals surface area contributed by atoms with Crippen molar-refractivity contribution in [2.45, 2.75) is 31.5 Å². The molecule has 3 fully saturated rings. The molecule has 2 bridgehead atoms. The van der Waals surface area contributed by atoms with Crippen molar-refractivity contribution in [1.82, 2.24) is 0 Å². The Bertz CT molecular complexity index is 922. The summed E-state index contributed by atoms with van der Waals surface area (Å²) in [5, 5.41) is 0. The Balaban J connectivity index is 1.41. The first kappa shape index (κ1) is 13.8. The van der Waals surface area contributed by atoms with Crippen LogP contribution in [0.25, 0.3) is 11.1 Å². The molecule has 1 aliphatic carbocycles. The van der Waals surface area contributed by atoms with E-state index in [-0.39, 0.29) is 35.9 Å². The lowest BCUT2D eigenvalue weighted by atomic mass is 9.81. The van der Waals surface area contributed by atoms with E-state index in [1.807, 2.05) is 18.2 Å². The van der Waals surface area contributed by atoms with E-state index in [1.54, 1.807) is 0 Å². The summed E-state index contributed by atoms with van der Waals surface area (Å²) >= 11 is 0. The number of rotatable bonds is 1. The molecule has 3 saturated heterocycles. The van der Waals surface area contributed by atoms with E-state index in [0.717, 1.165) is 24.9 Å². The molecule has 2 aromatic carbocycles. The average Bonchev–Trinajstić information content (AvgIpc) is 3.36. The maximum Gasteiger partial charge on any atom is 0.240 e. The van der Waals surface area contributed by atoms with E-state index < -0.39 is 0 Å². The van der Waals surface area contributed by atoms with Gasteiger partial charge in [-0.15, -0.1) is 0 Å². The smallest absolute Gasteiger partial charge is 0.240 e. The van der Waals surface area contributed by atoms with Crippen molar-refractivity contribution < 1.29 is 14.3 Å². The number of ether oxygens (including phenoxy) is 1. The largest absolute Gasteiger partial charge is 0.373 e. The molecule has 0 radical (unpaired) electrons. The number of amides is 2. The zero-order valence-corrected chi connectivity index (χ0v) is 13.6. The Morgan fingerprint density at radius 3 is 2.28 bits per heavy atom. The summed E-state index contributed by atoms with van der Waals surface area (Å²) in [5.41, 5.74) is 5.68. The highest BCUT2D eigenvalue weighted by molar-refractivity contribution is 6.23. The van der Waals surface area contributed by atoms with Crippen LogP contribution < -0.4 is 4.90 Å². The molecule has 6 rings (SSSR count). The number of benzene rings is 2. The predicted molar refractivity (Wildman–Crippen MR) is 92.1 cm³/mol. The first-order valence-corrected chi connectivity index (χ1v) is 8.97. The zero-order chi connectivity index (χ0) is 16.7. The number of fused-ring (bicyclic) bond motifs is 8. The molecule has 0 aromatic heterocycles. The van der Waals surface area contributed by atoms with Crippen LogP contribution in [0.15, 0.2) is 42.5 Å². The van der Waals surface area contributed by atoms with E-state index in [4.69, 9.17) is 4.74 Å². The van der Waals surface area contributed by atoms with Gasteiger partial charge in [0, 0.05) is 0 Å². The number of hydrogen-bond acceptors (Lipinski definition) is 3. The van der Waals surface area contributed by atoms with E-state index in [1.165, 1.54) is 27.2 Å². The number of anilines is 1. The standard InChI is InChI=1S/C21H17NO3/c23-20-18-16-7-8-17(25-16)19(18)21(24)22(20)13-5-6-15-12(10-13)9-11-3-1-2-4-14(11)15/h1-6,10,16-19H,7-9H2/t16-,17-,18-,19-/m1/s1. The molecule has 4 nitrogen and oxygen atoms in total. The lowest BCUT2D eigenvalue weighted by molar-refractivity contribution is -0.124. The SMILES string of the molecule is O=C1[C@H]2[C@H](C(=O)N1c1ccc3c(c1)Cc1ccccc1-3)[C@H]1CC[C@H]2O1. The summed E-state index contributed by atoms with van der Waals surface area (Å²) in [4.78, 5) is 27.3. The fourth-order valence-electron chi connectivity index (χ4n) is 5.24. The number of imide groups is 1. The van der Waals surface area contributed by atoms with Crippen LogP contribution in [0.4, 0.5) is 5.69 Å². The third kappa shape index (κ3) is 1.65. The average molecular weight is 331 g/mol. The summed E-state index contributed by atoms with van der Waals surface area (Å²) in [6, 6.07) is 14.4. The molecular weight excluding hydrogens is 314 g/mol. The normalized spacial score (nSPS) is 31.4. The van der Waals surface area contributed by atoms with Crippen molar-refractivity contribution in [2.75, 3.05) is 4.90 Å². The van der Waals surface area contributed by atoms with Crippen molar-refractivity contribution in [3.63, 3.8) is 0 Å². The van der Waals surface area contributed by atoms with Crippen LogP contribution in [0.3, 0.4) is 0 Å². The molecule has 2 amide bonds. The monoisotopic (exact) mass is 331 g/mol. The second-order valence-corrected chi connectivity index (χ2v) is 7.53. The van der Waals surface area contributed by atoms with Gasteiger partial charge in [0.1, 0.15) is 0 Å². The van der Waals surface area contributed by atoms with Crippen LogP contribution in [0.5, 0.6) is 0 Å². The van der Waals surface area contributed by atoms with Gasteiger partial charge in [-0.05, 0) is 53.6 Å². The van der Waals surface area contributed by atoms with Gasteiger partial charge in [-0.1, -0.05) is 30.3 Å². The minimum atomic E-state index is -0.267. The molecule has 3 aliphatic heterocycles. The number of nitrogens with zero attached hydrogens (tertiary/aromatic N) is 1. The van der Waals surface area contributed by atoms with Gasteiger partial charge in [0.25, 0.3) is 0 Å². The molecule has 4 aliphatic rings. The number of carbonyl (C=O) groups excluding carboxylic acids is 2. The van der Waals surface area contributed by atoms with Gasteiger partial charge in [-0.3, -0.25) is 9.59 Å². The van der Waals surface area contributed by atoms with E-state index in [2.05, 4.69) is 24.3 Å². The Morgan fingerprint density at radius 2 is 1.52 bits per heavy atom. The van der Waals surface area contributed by atoms with Crippen LogP contribution in [-0.2, 0) is 20.7 Å². The van der Waals surface area contributed by atoms with Crippen molar-refractivity contribution in [3.8, 4) is 11.1 Å². The highest BCUT2D eigenvalue weighted by Gasteiger charge is 2.62. The molecule has 0 spiro atoms. The van der Waals surface area contributed by atoms with Crippen LogP contribution in [0.1, 0.15) is 24.0 Å².